The van der Waals surface area contributed by atoms with Gasteiger partial charge in [0.05, 0.1) is 11.9 Å². The maximum atomic E-state index is 12.9. The summed E-state index contributed by atoms with van der Waals surface area (Å²) in [5.41, 5.74) is 0.797. The van der Waals surface area contributed by atoms with Crippen molar-refractivity contribution in [3.8, 4) is 0 Å². The molecule has 0 N–H and O–H groups in total. The second-order valence-electron chi connectivity index (χ2n) is 12.4. The molecule has 0 spiro atoms. The van der Waals surface area contributed by atoms with Crippen LogP contribution in [0.2, 0.25) is 5.28 Å². The van der Waals surface area contributed by atoms with Crippen LogP contribution in [0.3, 0.4) is 0 Å². The normalized spacial score (nSPS) is 16.9. The third-order valence-electron chi connectivity index (χ3n) is 7.88. The molecule has 0 radical (unpaired) electrons. The number of carbonyl (C=O) groups excluding carboxylic acids is 1. The first-order valence-corrected chi connectivity index (χ1v) is 17.9. The summed E-state index contributed by atoms with van der Waals surface area (Å²) < 4.78 is 44.3. The topological polar surface area (TPSA) is 123 Å². The lowest BCUT2D eigenvalue weighted by Crippen LogP contribution is -2.25. The minimum atomic E-state index is -3.62. The van der Waals surface area contributed by atoms with Gasteiger partial charge in [0.1, 0.15) is 24.1 Å². The summed E-state index contributed by atoms with van der Waals surface area (Å²) in [5.74, 6) is -0.0126. The summed E-state index contributed by atoms with van der Waals surface area (Å²) in [6, 6.07) is 0. The first-order chi connectivity index (χ1) is 20.4. The van der Waals surface area contributed by atoms with Crippen molar-refractivity contribution < 1.29 is 27.4 Å². The second kappa shape index (κ2) is 17.0. The number of aromatic nitrogens is 4. The molecule has 244 valence electrons. The van der Waals surface area contributed by atoms with Gasteiger partial charge in [0, 0.05) is 13.0 Å². The lowest BCUT2D eigenvalue weighted by atomic mass is 10.0. The number of ether oxygens (including phenoxy) is 3. The lowest BCUT2D eigenvalue weighted by molar-refractivity contribution is -0.158. The van der Waals surface area contributed by atoms with E-state index in [1.165, 1.54) is 44.9 Å². The first-order valence-electron chi connectivity index (χ1n) is 16.0. The van der Waals surface area contributed by atoms with E-state index in [9.17, 15) is 13.2 Å². The van der Waals surface area contributed by atoms with Crippen LogP contribution in [0.4, 0.5) is 0 Å². The number of nitrogens with zero attached hydrogens (tertiary/aromatic N) is 4. The van der Waals surface area contributed by atoms with Crippen molar-refractivity contribution in [2.24, 2.45) is 0 Å². The van der Waals surface area contributed by atoms with Gasteiger partial charge in [0.25, 0.3) is 0 Å². The van der Waals surface area contributed by atoms with Crippen molar-refractivity contribution in [3.63, 3.8) is 0 Å². The Bertz CT molecular complexity index is 1280. The van der Waals surface area contributed by atoms with Crippen LogP contribution in [-0.2, 0) is 35.4 Å². The molecule has 1 atom stereocenters. The van der Waals surface area contributed by atoms with Gasteiger partial charge in [-0.25, -0.2) is 18.4 Å². The number of halogens is 1. The van der Waals surface area contributed by atoms with Crippen LogP contribution in [-0.4, -0.2) is 64.3 Å². The van der Waals surface area contributed by atoms with Gasteiger partial charge < -0.3 is 18.8 Å². The monoisotopic (exact) mass is 642 g/mol. The minimum absolute atomic E-state index is 0.0240. The summed E-state index contributed by atoms with van der Waals surface area (Å²) >= 11 is 6.02. The van der Waals surface area contributed by atoms with Gasteiger partial charge in [-0.3, -0.25) is 4.79 Å². The highest BCUT2D eigenvalue weighted by Gasteiger charge is 2.33. The van der Waals surface area contributed by atoms with Crippen molar-refractivity contribution in [1.29, 1.82) is 0 Å². The number of esters is 1. The van der Waals surface area contributed by atoms with Gasteiger partial charge in [0.15, 0.2) is 26.3 Å². The Morgan fingerprint density at radius 3 is 2.05 bits per heavy atom. The Hall–Kier alpha value is -1.82. The molecule has 2 aromatic heterocycles. The Morgan fingerprint density at radius 2 is 1.51 bits per heavy atom. The molecule has 1 fully saturated rings. The lowest BCUT2D eigenvalue weighted by Gasteiger charge is -2.16. The van der Waals surface area contributed by atoms with Crippen molar-refractivity contribution in [1.82, 2.24) is 19.5 Å². The number of carbonyl (C=O) groups is 1. The van der Waals surface area contributed by atoms with Gasteiger partial charge >= 0.3 is 5.97 Å². The fraction of sp³-hybridized carbons (Fsp3) is 0.806. The zero-order valence-electron chi connectivity index (χ0n) is 26.7. The first kappa shape index (κ1) is 35.7. The summed E-state index contributed by atoms with van der Waals surface area (Å²) in [5, 5.41) is -0.735. The van der Waals surface area contributed by atoms with Gasteiger partial charge in [-0.2, -0.15) is 4.98 Å². The number of unbranched alkanes of at least 4 members (excludes halogenated alkanes) is 12. The molecule has 43 heavy (non-hydrogen) atoms. The van der Waals surface area contributed by atoms with Crippen molar-refractivity contribution in [3.05, 3.63) is 11.1 Å². The molecule has 0 saturated carbocycles. The van der Waals surface area contributed by atoms with Gasteiger partial charge in [-0.1, -0.05) is 70.6 Å². The third kappa shape index (κ3) is 11.2. The molecular formula is C31H51ClN4O6S. The Morgan fingerprint density at radius 1 is 0.953 bits per heavy atom. The van der Waals surface area contributed by atoms with Crippen LogP contribution in [0, 0.1) is 6.92 Å². The summed E-state index contributed by atoms with van der Waals surface area (Å²) in [4.78, 5) is 24.6. The van der Waals surface area contributed by atoms with Gasteiger partial charge in [-0.15, -0.1) is 0 Å². The number of fused-ring (bicyclic) bond motifs is 1. The summed E-state index contributed by atoms with van der Waals surface area (Å²) in [7, 11) is -3.62. The molecule has 1 aliphatic heterocycles. The molecule has 0 amide bonds. The van der Waals surface area contributed by atoms with Crippen LogP contribution in [0.5, 0.6) is 0 Å². The number of imidazole rings is 1. The predicted molar refractivity (Wildman–Crippen MR) is 168 cm³/mol. The molecule has 1 aliphatic rings. The highest BCUT2D eigenvalue weighted by atomic mass is 35.5. The number of sulfone groups is 1. The van der Waals surface area contributed by atoms with Crippen molar-refractivity contribution in [2.45, 2.75) is 153 Å². The van der Waals surface area contributed by atoms with E-state index in [1.54, 1.807) is 13.8 Å². The average Bonchev–Trinajstić information content (AvgIpc) is 3.45. The van der Waals surface area contributed by atoms with Crippen LogP contribution in [0.1, 0.15) is 123 Å². The molecule has 0 aliphatic carbocycles. The van der Waals surface area contributed by atoms with E-state index in [0.717, 1.165) is 44.3 Å². The van der Waals surface area contributed by atoms with E-state index in [2.05, 4.69) is 15.0 Å². The molecule has 0 bridgehead atoms. The smallest absolute Gasteiger partial charge is 0.305 e. The maximum Gasteiger partial charge on any atom is 0.305 e. The SMILES string of the molecule is Cc1nc2nc(Cl)nc(S(=O)(=O)C(C)C)c2n1CCCCCCCCCCCCCCCC(=O)OC[C@@H]1COC(C)(C)O1. The molecular weight excluding hydrogens is 592 g/mol. The zero-order valence-corrected chi connectivity index (χ0v) is 28.3. The van der Waals surface area contributed by atoms with E-state index < -0.39 is 20.9 Å². The molecule has 12 heteroatoms. The molecule has 3 heterocycles. The molecule has 10 nitrogen and oxygen atoms in total. The second-order valence-corrected chi connectivity index (χ2v) is 15.1. The summed E-state index contributed by atoms with van der Waals surface area (Å²) in [6.45, 7) is 10.3. The van der Waals surface area contributed by atoms with E-state index >= 15 is 0 Å². The van der Waals surface area contributed by atoms with E-state index in [4.69, 9.17) is 25.8 Å². The van der Waals surface area contributed by atoms with Crippen LogP contribution >= 0.6 is 11.6 Å². The molecule has 1 saturated heterocycles. The van der Waals surface area contributed by atoms with Gasteiger partial charge in [0.2, 0.25) is 5.28 Å². The van der Waals surface area contributed by atoms with Crippen molar-refractivity contribution >= 4 is 38.6 Å². The van der Waals surface area contributed by atoms with E-state index in [-0.39, 0.29) is 29.0 Å². The fourth-order valence-corrected chi connectivity index (χ4v) is 6.72. The Kier molecular flexibility index (Phi) is 14.1. The number of hydrogen-bond acceptors (Lipinski definition) is 9. The molecule has 0 unspecified atom stereocenters. The summed E-state index contributed by atoms with van der Waals surface area (Å²) in [6.07, 6.45) is 15.3. The number of hydrogen-bond donors (Lipinski definition) is 0. The average molecular weight is 643 g/mol. The molecule has 3 rings (SSSR count). The maximum absolute atomic E-state index is 12.9. The standard InChI is InChI=1S/C31H51ClN4O6S/c1-23(2)43(38,39)29-27-28(34-30(32)35-29)33-24(3)36(27)20-18-16-14-12-10-8-6-7-9-11-13-15-17-19-26(37)40-21-25-22-41-31(4,5)42-25/h23,25H,6-22H2,1-5H3/t25-/m1/s1. The quantitative estimate of drug-likeness (QED) is 0.0642. The highest BCUT2D eigenvalue weighted by molar-refractivity contribution is 7.92. The van der Waals surface area contributed by atoms with Crippen LogP contribution in [0.25, 0.3) is 11.2 Å². The van der Waals surface area contributed by atoms with Crippen LogP contribution < -0.4 is 0 Å². The van der Waals surface area contributed by atoms with E-state index in [0.29, 0.717) is 30.7 Å². The molecule has 0 aromatic carbocycles. The van der Waals surface area contributed by atoms with Crippen molar-refractivity contribution in [2.75, 3.05) is 13.2 Å². The molecule has 2 aromatic rings. The van der Waals surface area contributed by atoms with Gasteiger partial charge in [-0.05, 0) is 59.1 Å². The van der Waals surface area contributed by atoms with E-state index in [1.807, 2.05) is 25.3 Å². The fourth-order valence-electron chi connectivity index (χ4n) is 5.37. The zero-order chi connectivity index (χ0) is 31.5. The number of aryl methyl sites for hydroxylation is 2. The minimum Gasteiger partial charge on any atom is -0.463 e. The number of rotatable bonds is 20. The third-order valence-corrected chi connectivity index (χ3v) is 10.1. The Balaban J connectivity index is 1.19. The predicted octanol–water partition coefficient (Wildman–Crippen LogP) is 7.13. The Labute approximate surface area is 262 Å². The van der Waals surface area contributed by atoms with Crippen LogP contribution in [0.15, 0.2) is 5.03 Å². The highest BCUT2D eigenvalue weighted by Crippen LogP contribution is 2.27. The largest absolute Gasteiger partial charge is 0.463 e.